The van der Waals surface area contributed by atoms with E-state index in [1.54, 1.807) is 36.3 Å². The maximum atomic E-state index is 13.2. The van der Waals surface area contributed by atoms with Crippen molar-refractivity contribution in [3.8, 4) is 5.75 Å². The van der Waals surface area contributed by atoms with Crippen molar-refractivity contribution in [2.75, 3.05) is 25.6 Å². The van der Waals surface area contributed by atoms with Crippen LogP contribution in [0.5, 0.6) is 5.75 Å². The van der Waals surface area contributed by atoms with Gasteiger partial charge in [0.1, 0.15) is 5.75 Å². The summed E-state index contributed by atoms with van der Waals surface area (Å²) < 4.78 is 32.1. The minimum Gasteiger partial charge on any atom is -0.497 e. The van der Waals surface area contributed by atoms with Gasteiger partial charge in [-0.15, -0.1) is 11.3 Å². The highest BCUT2D eigenvalue weighted by Gasteiger charge is 2.26. The average Bonchev–Trinajstić information content (AvgIpc) is 3.31. The largest absolute Gasteiger partial charge is 0.497 e. The number of carbonyl (C=O) groups is 2. The minimum atomic E-state index is -3.91. The van der Waals surface area contributed by atoms with Crippen molar-refractivity contribution >= 4 is 38.7 Å². The number of benzene rings is 2. The first-order valence-electron chi connectivity index (χ1n) is 9.76. The maximum Gasteiger partial charge on any atom is 0.243 e. The maximum absolute atomic E-state index is 13.2. The van der Waals surface area contributed by atoms with Crippen LogP contribution in [0.2, 0.25) is 0 Å². The molecule has 1 heterocycles. The molecule has 0 aliphatic carbocycles. The molecule has 9 heteroatoms. The van der Waals surface area contributed by atoms with Crippen LogP contribution in [-0.2, 0) is 21.4 Å². The summed E-state index contributed by atoms with van der Waals surface area (Å²) in [7, 11) is -0.981. The fourth-order valence-corrected chi connectivity index (χ4v) is 4.86. The van der Waals surface area contributed by atoms with E-state index in [0.29, 0.717) is 23.5 Å². The van der Waals surface area contributed by atoms with Crippen LogP contribution in [0.25, 0.3) is 0 Å². The normalized spacial score (nSPS) is 11.4. The standard InChI is InChI=1S/C23H24N2O5S2/c1-17(26)18-6-12-22(13-7-18)32(28,29)24(2)16-23(27)25(15-21-5-4-14-31-21)19-8-10-20(30-3)11-9-19/h4-14H,15-16H2,1-3H3. The van der Waals surface area contributed by atoms with E-state index in [1.165, 1.54) is 49.6 Å². The smallest absolute Gasteiger partial charge is 0.243 e. The van der Waals surface area contributed by atoms with Crippen LogP contribution in [0, 0.1) is 0 Å². The van der Waals surface area contributed by atoms with Gasteiger partial charge in [-0.05, 0) is 54.8 Å². The lowest BCUT2D eigenvalue weighted by molar-refractivity contribution is -0.118. The lowest BCUT2D eigenvalue weighted by atomic mass is 10.2. The molecule has 0 fully saturated rings. The zero-order valence-electron chi connectivity index (χ0n) is 18.0. The number of ether oxygens (including phenoxy) is 1. The van der Waals surface area contributed by atoms with Gasteiger partial charge in [-0.25, -0.2) is 8.42 Å². The van der Waals surface area contributed by atoms with Gasteiger partial charge in [0.05, 0.1) is 25.1 Å². The fraction of sp³-hybridized carbons (Fsp3) is 0.217. The molecule has 0 bridgehead atoms. The van der Waals surface area contributed by atoms with Crippen LogP contribution < -0.4 is 9.64 Å². The minimum absolute atomic E-state index is 0.0204. The van der Waals surface area contributed by atoms with E-state index in [-0.39, 0.29) is 23.1 Å². The monoisotopic (exact) mass is 472 g/mol. The number of methoxy groups -OCH3 is 1. The highest BCUT2D eigenvalue weighted by Crippen LogP contribution is 2.24. The second-order valence-corrected chi connectivity index (χ2v) is 10.2. The number of sulfonamides is 1. The molecule has 0 radical (unpaired) electrons. The van der Waals surface area contributed by atoms with Gasteiger partial charge in [-0.1, -0.05) is 18.2 Å². The number of ketones is 1. The van der Waals surface area contributed by atoms with Crippen LogP contribution in [0.3, 0.4) is 0 Å². The second kappa shape index (κ2) is 10.1. The van der Waals surface area contributed by atoms with Crippen molar-refractivity contribution in [3.63, 3.8) is 0 Å². The summed E-state index contributed by atoms with van der Waals surface area (Å²) in [6.45, 7) is 1.40. The Kier molecular flexibility index (Phi) is 7.44. The van der Waals surface area contributed by atoms with E-state index >= 15 is 0 Å². The Morgan fingerprint density at radius 1 is 1.00 bits per heavy atom. The van der Waals surface area contributed by atoms with Crippen LogP contribution in [0.15, 0.2) is 70.9 Å². The Hall–Kier alpha value is -3.01. The summed E-state index contributed by atoms with van der Waals surface area (Å²) in [6.07, 6.45) is 0. The van der Waals surface area contributed by atoms with Gasteiger partial charge in [0.2, 0.25) is 15.9 Å². The number of hydrogen-bond acceptors (Lipinski definition) is 6. The number of likely N-dealkylation sites (N-methyl/N-ethyl adjacent to an activating group) is 1. The predicted molar refractivity (Wildman–Crippen MR) is 125 cm³/mol. The number of nitrogens with zero attached hydrogens (tertiary/aromatic N) is 2. The van der Waals surface area contributed by atoms with Crippen LogP contribution in [0.1, 0.15) is 22.2 Å². The third-order valence-electron chi connectivity index (χ3n) is 4.91. The third-order valence-corrected chi connectivity index (χ3v) is 7.58. The molecular weight excluding hydrogens is 448 g/mol. The molecule has 3 rings (SSSR count). The molecule has 168 valence electrons. The van der Waals surface area contributed by atoms with Crippen LogP contribution in [0.4, 0.5) is 5.69 Å². The van der Waals surface area contributed by atoms with Gasteiger partial charge < -0.3 is 9.64 Å². The molecule has 32 heavy (non-hydrogen) atoms. The van der Waals surface area contributed by atoms with Crippen LogP contribution in [-0.4, -0.2) is 45.1 Å². The summed E-state index contributed by atoms with van der Waals surface area (Å²) in [5.74, 6) is 0.141. The Balaban J connectivity index is 1.82. The van der Waals surface area contributed by atoms with E-state index in [9.17, 15) is 18.0 Å². The summed E-state index contributed by atoms with van der Waals surface area (Å²) in [6, 6.07) is 16.5. The molecule has 2 aromatic carbocycles. The summed E-state index contributed by atoms with van der Waals surface area (Å²) in [5.41, 5.74) is 1.06. The first kappa shape index (κ1) is 23.6. The van der Waals surface area contributed by atoms with E-state index in [2.05, 4.69) is 0 Å². The van der Waals surface area contributed by atoms with E-state index in [0.717, 1.165) is 9.18 Å². The molecule has 0 aliphatic rings. The Labute approximate surface area is 191 Å². The van der Waals surface area contributed by atoms with Crippen molar-refractivity contribution in [3.05, 3.63) is 76.5 Å². The molecule has 3 aromatic rings. The van der Waals surface area contributed by atoms with Gasteiger partial charge in [0.15, 0.2) is 5.78 Å². The fourth-order valence-electron chi connectivity index (χ4n) is 3.05. The Bertz CT molecular complexity index is 1170. The predicted octanol–water partition coefficient (Wildman–Crippen LogP) is 3.81. The molecule has 0 aliphatic heterocycles. The van der Waals surface area contributed by atoms with E-state index in [1.807, 2.05) is 17.5 Å². The number of amides is 1. The summed E-state index contributed by atoms with van der Waals surface area (Å²) in [4.78, 5) is 27.2. The van der Waals surface area contributed by atoms with Gasteiger partial charge in [0, 0.05) is 23.2 Å². The molecule has 1 amide bonds. The molecule has 7 nitrogen and oxygen atoms in total. The number of carbonyl (C=O) groups excluding carboxylic acids is 2. The number of thiophene rings is 1. The first-order chi connectivity index (χ1) is 15.2. The van der Waals surface area contributed by atoms with Crippen molar-refractivity contribution in [1.29, 1.82) is 0 Å². The molecule has 0 saturated carbocycles. The van der Waals surface area contributed by atoms with Crippen LogP contribution >= 0.6 is 11.3 Å². The van der Waals surface area contributed by atoms with Gasteiger partial charge in [0.25, 0.3) is 0 Å². The molecule has 0 unspecified atom stereocenters. The second-order valence-electron chi connectivity index (χ2n) is 7.10. The zero-order chi connectivity index (χ0) is 23.3. The highest BCUT2D eigenvalue weighted by atomic mass is 32.2. The summed E-state index contributed by atoms with van der Waals surface area (Å²) >= 11 is 1.52. The van der Waals surface area contributed by atoms with Crippen molar-refractivity contribution in [2.45, 2.75) is 18.4 Å². The number of rotatable bonds is 9. The molecular formula is C23H24N2O5S2. The van der Waals surface area contributed by atoms with Gasteiger partial charge >= 0.3 is 0 Å². The number of Topliss-reactive ketones (excluding diaryl/α,β-unsaturated/α-hetero) is 1. The topological polar surface area (TPSA) is 84.0 Å². The van der Waals surface area contributed by atoms with Gasteiger partial charge in [-0.3, -0.25) is 9.59 Å². The zero-order valence-corrected chi connectivity index (χ0v) is 19.7. The molecule has 1 aromatic heterocycles. The molecule has 0 atom stereocenters. The quantitative estimate of drug-likeness (QED) is 0.442. The average molecular weight is 473 g/mol. The lowest BCUT2D eigenvalue weighted by Crippen LogP contribution is -2.40. The van der Waals surface area contributed by atoms with Crippen molar-refractivity contribution in [2.24, 2.45) is 0 Å². The summed E-state index contributed by atoms with van der Waals surface area (Å²) in [5, 5.41) is 1.92. The van der Waals surface area contributed by atoms with E-state index < -0.39 is 10.0 Å². The Morgan fingerprint density at radius 3 is 2.19 bits per heavy atom. The van der Waals surface area contributed by atoms with Crippen molar-refractivity contribution in [1.82, 2.24) is 4.31 Å². The van der Waals surface area contributed by atoms with Gasteiger partial charge in [-0.2, -0.15) is 4.31 Å². The highest BCUT2D eigenvalue weighted by molar-refractivity contribution is 7.89. The number of hydrogen-bond donors (Lipinski definition) is 0. The molecule has 0 saturated heterocycles. The molecule has 0 N–H and O–H groups in total. The first-order valence-corrected chi connectivity index (χ1v) is 12.1. The molecule has 0 spiro atoms. The SMILES string of the molecule is COc1ccc(N(Cc2cccs2)C(=O)CN(C)S(=O)(=O)c2ccc(C(C)=O)cc2)cc1. The lowest BCUT2D eigenvalue weighted by Gasteiger charge is -2.25. The Morgan fingerprint density at radius 2 is 1.66 bits per heavy atom. The number of anilines is 1. The van der Waals surface area contributed by atoms with E-state index in [4.69, 9.17) is 4.74 Å². The van der Waals surface area contributed by atoms with Crippen molar-refractivity contribution < 1.29 is 22.7 Å². The third kappa shape index (κ3) is 5.42.